The second kappa shape index (κ2) is 8.13. The number of ether oxygens (including phenoxy) is 2. The number of fused-ring (bicyclic) bond motifs is 3. The van der Waals surface area contributed by atoms with Crippen molar-refractivity contribution in [3.05, 3.63) is 45.1 Å². The largest absolute Gasteiger partial charge is 0.497 e. The molecule has 1 aliphatic heterocycles. The molecule has 5 nitrogen and oxygen atoms in total. The van der Waals surface area contributed by atoms with Crippen molar-refractivity contribution in [3.63, 3.8) is 0 Å². The summed E-state index contributed by atoms with van der Waals surface area (Å²) >= 11 is 3.23. The Morgan fingerprint density at radius 1 is 1.31 bits per heavy atom. The van der Waals surface area contributed by atoms with Crippen LogP contribution in [0.4, 0.5) is 0 Å². The Morgan fingerprint density at radius 3 is 2.72 bits per heavy atom. The maximum absolute atomic E-state index is 13.7. The normalized spacial score (nSPS) is 18.8. The number of aromatic nitrogens is 2. The molecule has 0 amide bonds. The number of hydrogen-bond acceptors (Lipinski definition) is 6. The first-order valence-corrected chi connectivity index (χ1v) is 11.8. The summed E-state index contributed by atoms with van der Waals surface area (Å²) in [4.78, 5) is 20.6. The van der Waals surface area contributed by atoms with Gasteiger partial charge in [-0.15, -0.1) is 11.3 Å². The third-order valence-electron chi connectivity index (χ3n) is 5.49. The molecule has 29 heavy (non-hydrogen) atoms. The van der Waals surface area contributed by atoms with Gasteiger partial charge in [-0.3, -0.25) is 9.36 Å². The lowest BCUT2D eigenvalue weighted by Crippen LogP contribution is -2.34. The highest BCUT2D eigenvalue weighted by Gasteiger charge is 2.33. The van der Waals surface area contributed by atoms with Gasteiger partial charge in [-0.1, -0.05) is 25.6 Å². The molecule has 0 saturated carbocycles. The fraction of sp³-hybridized carbons (Fsp3) is 0.455. The minimum absolute atomic E-state index is 0.0108. The van der Waals surface area contributed by atoms with Crippen LogP contribution in [-0.4, -0.2) is 28.0 Å². The van der Waals surface area contributed by atoms with Gasteiger partial charge in [-0.05, 0) is 49.6 Å². The molecule has 4 rings (SSSR count). The van der Waals surface area contributed by atoms with Crippen LogP contribution in [0.2, 0.25) is 0 Å². The van der Waals surface area contributed by atoms with Gasteiger partial charge in [0.25, 0.3) is 5.56 Å². The number of rotatable bonds is 6. The predicted octanol–water partition coefficient (Wildman–Crippen LogP) is 5.20. The molecule has 154 valence electrons. The van der Waals surface area contributed by atoms with Crippen LogP contribution in [-0.2, 0) is 17.8 Å². The maximum atomic E-state index is 13.7. The first-order valence-electron chi connectivity index (χ1n) is 9.98. The van der Waals surface area contributed by atoms with Gasteiger partial charge in [0, 0.05) is 17.1 Å². The third-order valence-corrected chi connectivity index (χ3v) is 7.74. The number of thiophene rings is 1. The van der Waals surface area contributed by atoms with Crippen LogP contribution in [0.1, 0.15) is 44.1 Å². The van der Waals surface area contributed by atoms with Gasteiger partial charge in [-0.25, -0.2) is 4.98 Å². The van der Waals surface area contributed by atoms with E-state index in [0.717, 1.165) is 62.3 Å². The molecule has 0 radical (unpaired) electrons. The van der Waals surface area contributed by atoms with Crippen molar-refractivity contribution >= 4 is 33.3 Å². The Labute approximate surface area is 179 Å². The number of hydrogen-bond donors (Lipinski definition) is 0. The molecule has 7 heteroatoms. The molecule has 0 saturated heterocycles. The number of methoxy groups -OCH3 is 1. The van der Waals surface area contributed by atoms with Gasteiger partial charge >= 0.3 is 0 Å². The summed E-state index contributed by atoms with van der Waals surface area (Å²) in [6.07, 6.45) is 2.68. The van der Waals surface area contributed by atoms with Crippen LogP contribution in [0.5, 0.6) is 5.75 Å². The highest BCUT2D eigenvalue weighted by atomic mass is 32.2. The van der Waals surface area contributed by atoms with Crippen molar-refractivity contribution in [2.75, 3.05) is 12.9 Å². The molecule has 2 aromatic heterocycles. The zero-order chi connectivity index (χ0) is 20.6. The van der Waals surface area contributed by atoms with Crippen molar-refractivity contribution < 1.29 is 9.47 Å². The molecule has 3 aromatic rings. The van der Waals surface area contributed by atoms with E-state index in [1.807, 2.05) is 24.3 Å². The molecule has 0 spiro atoms. The Morgan fingerprint density at radius 2 is 2.07 bits per heavy atom. The average molecular weight is 431 g/mol. The average Bonchev–Trinajstić information content (AvgIpc) is 3.10. The van der Waals surface area contributed by atoms with Crippen molar-refractivity contribution in [3.8, 4) is 11.4 Å². The minimum atomic E-state index is -0.228. The SMILES string of the molecule is CCCSc1nc2sc3c(c2c(=O)n1-c1ccc(OC)cc1)CC(C)(CC)OC3. The zero-order valence-corrected chi connectivity index (χ0v) is 18.9. The van der Waals surface area contributed by atoms with Crippen molar-refractivity contribution in [2.24, 2.45) is 0 Å². The lowest BCUT2D eigenvalue weighted by Gasteiger charge is -2.32. The molecule has 3 heterocycles. The minimum Gasteiger partial charge on any atom is -0.497 e. The van der Waals surface area contributed by atoms with Crippen LogP contribution >= 0.6 is 23.1 Å². The van der Waals surface area contributed by atoms with Crippen molar-refractivity contribution in [1.29, 1.82) is 0 Å². The van der Waals surface area contributed by atoms with Crippen LogP contribution in [0.3, 0.4) is 0 Å². The lowest BCUT2D eigenvalue weighted by atomic mass is 9.90. The Kier molecular flexibility index (Phi) is 5.73. The smallest absolute Gasteiger partial charge is 0.267 e. The number of nitrogens with zero attached hydrogens (tertiary/aromatic N) is 2. The Balaban J connectivity index is 1.93. The van der Waals surface area contributed by atoms with Gasteiger partial charge in [0.1, 0.15) is 10.6 Å². The molecule has 1 unspecified atom stereocenters. The summed E-state index contributed by atoms with van der Waals surface area (Å²) in [6.45, 7) is 6.95. The maximum Gasteiger partial charge on any atom is 0.267 e. The van der Waals surface area contributed by atoms with E-state index in [1.54, 1.807) is 34.8 Å². The van der Waals surface area contributed by atoms with Crippen LogP contribution < -0.4 is 10.3 Å². The summed E-state index contributed by atoms with van der Waals surface area (Å²) in [5.74, 6) is 1.68. The molecular weight excluding hydrogens is 404 g/mol. The lowest BCUT2D eigenvalue weighted by molar-refractivity contribution is -0.0543. The van der Waals surface area contributed by atoms with E-state index >= 15 is 0 Å². The molecular formula is C22H26N2O3S2. The van der Waals surface area contributed by atoms with Crippen LogP contribution in [0, 0.1) is 0 Å². The molecule has 0 fully saturated rings. The first kappa shape index (κ1) is 20.4. The Hall–Kier alpha value is -1.83. The van der Waals surface area contributed by atoms with E-state index in [4.69, 9.17) is 14.5 Å². The van der Waals surface area contributed by atoms with Gasteiger partial charge in [0.2, 0.25) is 0 Å². The fourth-order valence-electron chi connectivity index (χ4n) is 3.58. The van der Waals surface area contributed by atoms with E-state index in [-0.39, 0.29) is 11.2 Å². The molecule has 1 atom stereocenters. The topological polar surface area (TPSA) is 53.4 Å². The molecule has 1 aromatic carbocycles. The van der Waals surface area contributed by atoms with Crippen LogP contribution in [0.15, 0.2) is 34.2 Å². The quantitative estimate of drug-likeness (QED) is 0.397. The summed E-state index contributed by atoms with van der Waals surface area (Å²) in [7, 11) is 1.64. The van der Waals surface area contributed by atoms with Crippen LogP contribution in [0.25, 0.3) is 15.9 Å². The van der Waals surface area contributed by atoms with Gasteiger partial charge in [0.05, 0.1) is 30.4 Å². The van der Waals surface area contributed by atoms with E-state index in [9.17, 15) is 4.79 Å². The van der Waals surface area contributed by atoms with Gasteiger partial charge in [-0.2, -0.15) is 0 Å². The molecule has 0 aliphatic carbocycles. The molecule has 0 bridgehead atoms. The van der Waals surface area contributed by atoms with Gasteiger partial charge in [0.15, 0.2) is 5.16 Å². The highest BCUT2D eigenvalue weighted by molar-refractivity contribution is 7.99. The summed E-state index contributed by atoms with van der Waals surface area (Å²) in [5, 5.41) is 1.50. The standard InChI is InChI=1S/C22H26N2O3S2/c1-5-11-28-21-23-19-18(16-12-22(3,6-2)27-13-17(16)29-19)20(25)24(21)14-7-9-15(26-4)10-8-14/h7-10H,5-6,11-13H2,1-4H3. The number of thioether (sulfide) groups is 1. The first-order chi connectivity index (χ1) is 14.0. The van der Waals surface area contributed by atoms with Gasteiger partial charge < -0.3 is 9.47 Å². The van der Waals surface area contributed by atoms with Crippen molar-refractivity contribution in [1.82, 2.24) is 9.55 Å². The third kappa shape index (κ3) is 3.71. The highest BCUT2D eigenvalue weighted by Crippen LogP contribution is 2.39. The van der Waals surface area contributed by atoms with E-state index in [1.165, 1.54) is 0 Å². The predicted molar refractivity (Wildman–Crippen MR) is 120 cm³/mol. The summed E-state index contributed by atoms with van der Waals surface area (Å²) in [6, 6.07) is 7.60. The molecule has 1 aliphatic rings. The number of benzene rings is 1. The zero-order valence-electron chi connectivity index (χ0n) is 17.3. The van der Waals surface area contributed by atoms with E-state index in [0.29, 0.717) is 6.61 Å². The Bertz CT molecular complexity index is 1090. The fourth-order valence-corrected chi connectivity index (χ4v) is 5.59. The molecule has 0 N–H and O–H groups in total. The second-order valence-corrected chi connectivity index (χ2v) is 9.68. The van der Waals surface area contributed by atoms with Crippen molar-refractivity contribution in [2.45, 2.75) is 57.4 Å². The second-order valence-electron chi connectivity index (χ2n) is 7.53. The monoisotopic (exact) mass is 430 g/mol. The van der Waals surface area contributed by atoms with E-state index < -0.39 is 0 Å². The summed E-state index contributed by atoms with van der Waals surface area (Å²) in [5.41, 5.74) is 1.71. The summed E-state index contributed by atoms with van der Waals surface area (Å²) < 4.78 is 13.1. The van der Waals surface area contributed by atoms with E-state index in [2.05, 4.69) is 20.8 Å².